The van der Waals surface area contributed by atoms with Gasteiger partial charge in [-0.1, -0.05) is 41.4 Å². The van der Waals surface area contributed by atoms with Crippen molar-refractivity contribution < 1.29 is 0 Å². The molecule has 0 amide bonds. The van der Waals surface area contributed by atoms with Gasteiger partial charge in [0.2, 0.25) is 0 Å². The van der Waals surface area contributed by atoms with Gasteiger partial charge in [0.25, 0.3) is 0 Å². The number of hydrogen-bond acceptors (Lipinski definition) is 1. The van der Waals surface area contributed by atoms with Crippen LogP contribution in [0, 0.1) is 0 Å². The first-order valence-electron chi connectivity index (χ1n) is 5.72. The van der Waals surface area contributed by atoms with Gasteiger partial charge >= 0.3 is 0 Å². The van der Waals surface area contributed by atoms with Crippen LogP contribution >= 0.6 is 23.2 Å². The standard InChI is InChI=1S/C15H11Cl2N/c16-12-3-1-10(2-4-12)7-11-9-18-15-8-13(17)5-6-14(11)15/h1-8,18H,9H2. The fraction of sp³-hybridized carbons (Fsp3) is 0.0667. The van der Waals surface area contributed by atoms with Gasteiger partial charge in [-0.15, -0.1) is 0 Å². The molecular weight excluding hydrogens is 265 g/mol. The van der Waals surface area contributed by atoms with E-state index in [9.17, 15) is 0 Å². The van der Waals surface area contributed by atoms with Crippen molar-refractivity contribution in [1.82, 2.24) is 0 Å². The lowest BCUT2D eigenvalue weighted by Gasteiger charge is -2.00. The van der Waals surface area contributed by atoms with Gasteiger partial charge in [0.15, 0.2) is 0 Å². The topological polar surface area (TPSA) is 12.0 Å². The number of halogens is 2. The third-order valence-electron chi connectivity index (χ3n) is 3.01. The molecule has 1 nitrogen and oxygen atoms in total. The first-order valence-corrected chi connectivity index (χ1v) is 6.48. The Morgan fingerprint density at radius 3 is 2.44 bits per heavy atom. The molecule has 3 heteroatoms. The van der Waals surface area contributed by atoms with Gasteiger partial charge in [-0.3, -0.25) is 0 Å². The van der Waals surface area contributed by atoms with Crippen LogP contribution < -0.4 is 5.32 Å². The molecule has 18 heavy (non-hydrogen) atoms. The Bertz CT molecular complexity index is 615. The first-order chi connectivity index (χ1) is 8.72. The summed E-state index contributed by atoms with van der Waals surface area (Å²) in [6.45, 7) is 0.832. The van der Waals surface area contributed by atoms with Crippen molar-refractivity contribution in [2.24, 2.45) is 0 Å². The van der Waals surface area contributed by atoms with E-state index in [1.54, 1.807) is 0 Å². The van der Waals surface area contributed by atoms with E-state index in [1.165, 1.54) is 11.1 Å². The Morgan fingerprint density at radius 1 is 0.944 bits per heavy atom. The van der Waals surface area contributed by atoms with Gasteiger partial charge in [-0.05, 0) is 41.5 Å². The minimum Gasteiger partial charge on any atom is -0.380 e. The average molecular weight is 276 g/mol. The summed E-state index contributed by atoms with van der Waals surface area (Å²) in [6.07, 6.45) is 2.17. The second-order valence-electron chi connectivity index (χ2n) is 4.26. The molecule has 1 N–H and O–H groups in total. The molecule has 0 unspecified atom stereocenters. The number of nitrogens with one attached hydrogen (secondary N) is 1. The van der Waals surface area contributed by atoms with E-state index < -0.39 is 0 Å². The third-order valence-corrected chi connectivity index (χ3v) is 3.49. The minimum absolute atomic E-state index is 0.758. The maximum Gasteiger partial charge on any atom is 0.0434 e. The summed E-state index contributed by atoms with van der Waals surface area (Å²) in [6, 6.07) is 13.8. The van der Waals surface area contributed by atoms with Crippen molar-refractivity contribution >= 4 is 40.5 Å². The van der Waals surface area contributed by atoms with Gasteiger partial charge in [-0.25, -0.2) is 0 Å². The molecule has 0 saturated carbocycles. The largest absolute Gasteiger partial charge is 0.380 e. The highest BCUT2D eigenvalue weighted by Gasteiger charge is 2.15. The smallest absolute Gasteiger partial charge is 0.0434 e. The van der Waals surface area contributed by atoms with Crippen molar-refractivity contribution in [1.29, 1.82) is 0 Å². The highest BCUT2D eigenvalue weighted by molar-refractivity contribution is 6.31. The Morgan fingerprint density at radius 2 is 1.67 bits per heavy atom. The summed E-state index contributed by atoms with van der Waals surface area (Å²) in [5, 5.41) is 4.86. The normalized spacial score (nSPS) is 15.6. The molecule has 0 fully saturated rings. The van der Waals surface area contributed by atoms with Crippen molar-refractivity contribution in [3.8, 4) is 0 Å². The summed E-state index contributed by atoms with van der Waals surface area (Å²) >= 11 is 11.9. The second-order valence-corrected chi connectivity index (χ2v) is 5.14. The third kappa shape index (κ3) is 2.24. The molecule has 3 rings (SSSR count). The predicted octanol–water partition coefficient (Wildman–Crippen LogP) is 4.96. The average Bonchev–Trinajstić information content (AvgIpc) is 2.74. The van der Waals surface area contributed by atoms with E-state index >= 15 is 0 Å². The van der Waals surface area contributed by atoms with Crippen LogP contribution in [0.3, 0.4) is 0 Å². The molecule has 0 aliphatic carbocycles. The van der Waals surface area contributed by atoms with E-state index in [-0.39, 0.29) is 0 Å². The van der Waals surface area contributed by atoms with E-state index in [1.807, 2.05) is 36.4 Å². The highest BCUT2D eigenvalue weighted by Crippen LogP contribution is 2.33. The van der Waals surface area contributed by atoms with E-state index in [0.717, 1.165) is 27.8 Å². The van der Waals surface area contributed by atoms with Crippen molar-refractivity contribution in [3.05, 3.63) is 63.6 Å². The first kappa shape index (κ1) is 11.6. The zero-order chi connectivity index (χ0) is 12.5. The lowest BCUT2D eigenvalue weighted by atomic mass is 10.0. The van der Waals surface area contributed by atoms with Gasteiger partial charge < -0.3 is 5.32 Å². The maximum atomic E-state index is 5.97. The monoisotopic (exact) mass is 275 g/mol. The minimum atomic E-state index is 0.758. The molecule has 2 aromatic rings. The molecule has 0 saturated heterocycles. The van der Waals surface area contributed by atoms with Crippen LogP contribution in [0.15, 0.2) is 42.5 Å². The summed E-state index contributed by atoms with van der Waals surface area (Å²) in [5.74, 6) is 0. The predicted molar refractivity (Wildman–Crippen MR) is 79.3 cm³/mol. The molecule has 1 heterocycles. The summed E-state index contributed by atoms with van der Waals surface area (Å²) in [4.78, 5) is 0. The summed E-state index contributed by atoms with van der Waals surface area (Å²) in [7, 11) is 0. The molecule has 1 aliphatic rings. The van der Waals surface area contributed by atoms with Gasteiger partial charge in [0, 0.05) is 27.8 Å². The van der Waals surface area contributed by atoms with E-state index in [2.05, 4.69) is 17.5 Å². The SMILES string of the molecule is Clc1ccc(C=C2CNc3cc(Cl)ccc32)cc1. The summed E-state index contributed by atoms with van der Waals surface area (Å²) in [5.41, 5.74) is 4.74. The Kier molecular flexibility index (Phi) is 3.02. The fourth-order valence-corrected chi connectivity index (χ4v) is 2.42. The lowest BCUT2D eigenvalue weighted by Crippen LogP contribution is -1.91. The maximum absolute atomic E-state index is 5.97. The Labute approximate surface area is 116 Å². The van der Waals surface area contributed by atoms with Crippen LogP contribution in [0.2, 0.25) is 10.0 Å². The van der Waals surface area contributed by atoms with Crippen LogP contribution in [0.1, 0.15) is 11.1 Å². The number of fused-ring (bicyclic) bond motifs is 1. The van der Waals surface area contributed by atoms with E-state index in [4.69, 9.17) is 23.2 Å². The molecule has 0 radical (unpaired) electrons. The van der Waals surface area contributed by atoms with E-state index in [0.29, 0.717) is 0 Å². The van der Waals surface area contributed by atoms with Gasteiger partial charge in [0.05, 0.1) is 0 Å². The van der Waals surface area contributed by atoms with Crippen LogP contribution in [0.25, 0.3) is 11.6 Å². The number of hydrogen-bond donors (Lipinski definition) is 1. The second kappa shape index (κ2) is 4.68. The molecular formula is C15H11Cl2N. The van der Waals surface area contributed by atoms with Crippen molar-refractivity contribution in [3.63, 3.8) is 0 Å². The zero-order valence-electron chi connectivity index (χ0n) is 9.58. The van der Waals surface area contributed by atoms with Crippen LogP contribution in [-0.4, -0.2) is 6.54 Å². The van der Waals surface area contributed by atoms with Crippen LogP contribution in [-0.2, 0) is 0 Å². The fourth-order valence-electron chi connectivity index (χ4n) is 2.12. The van der Waals surface area contributed by atoms with Gasteiger partial charge in [-0.2, -0.15) is 0 Å². The molecule has 0 aromatic heterocycles. The lowest BCUT2D eigenvalue weighted by molar-refractivity contribution is 1.45. The molecule has 0 spiro atoms. The molecule has 0 bridgehead atoms. The Balaban J connectivity index is 1.98. The van der Waals surface area contributed by atoms with Crippen molar-refractivity contribution in [2.45, 2.75) is 0 Å². The van der Waals surface area contributed by atoms with Crippen molar-refractivity contribution in [2.75, 3.05) is 11.9 Å². The number of anilines is 1. The quantitative estimate of drug-likeness (QED) is 0.776. The molecule has 0 atom stereocenters. The number of rotatable bonds is 1. The summed E-state index contributed by atoms with van der Waals surface area (Å²) < 4.78 is 0. The molecule has 1 aliphatic heterocycles. The van der Waals surface area contributed by atoms with Gasteiger partial charge in [0.1, 0.15) is 0 Å². The molecule has 90 valence electrons. The number of benzene rings is 2. The van der Waals surface area contributed by atoms with Crippen LogP contribution in [0.4, 0.5) is 5.69 Å². The highest BCUT2D eigenvalue weighted by atomic mass is 35.5. The molecule has 2 aromatic carbocycles. The Hall–Kier alpha value is -1.44. The van der Waals surface area contributed by atoms with Crippen LogP contribution in [0.5, 0.6) is 0 Å². The zero-order valence-corrected chi connectivity index (χ0v) is 11.1.